The number of rotatable bonds is 6. The first-order chi connectivity index (χ1) is 11.7. The highest BCUT2D eigenvalue weighted by atomic mass is 32.2. The van der Waals surface area contributed by atoms with E-state index in [9.17, 15) is 9.59 Å². The highest BCUT2D eigenvalue weighted by Gasteiger charge is 2.42. The van der Waals surface area contributed by atoms with Crippen molar-refractivity contribution in [2.24, 2.45) is 0 Å². The highest BCUT2D eigenvalue weighted by Crippen LogP contribution is 2.33. The smallest absolute Gasteiger partial charge is 0.315 e. The summed E-state index contributed by atoms with van der Waals surface area (Å²) >= 11 is 1.93. The van der Waals surface area contributed by atoms with Gasteiger partial charge in [0, 0.05) is 17.4 Å². The van der Waals surface area contributed by atoms with Crippen LogP contribution in [0.2, 0.25) is 0 Å². The Morgan fingerprint density at radius 2 is 1.83 bits per heavy atom. The van der Waals surface area contributed by atoms with Crippen LogP contribution >= 0.6 is 11.8 Å². The van der Waals surface area contributed by atoms with Gasteiger partial charge in [-0.25, -0.2) is 4.79 Å². The molecule has 3 aliphatic rings. The zero-order chi connectivity index (χ0) is 16.8. The largest absolute Gasteiger partial charge is 0.462 e. The molecule has 6 heteroatoms. The van der Waals surface area contributed by atoms with Gasteiger partial charge in [0.05, 0.1) is 12.1 Å². The number of hydrogen-bond donors (Lipinski definition) is 2. The molecule has 2 saturated heterocycles. The number of urea groups is 1. The van der Waals surface area contributed by atoms with Crippen LogP contribution in [0.1, 0.15) is 70.6 Å². The van der Waals surface area contributed by atoms with Crippen LogP contribution in [0.4, 0.5) is 4.79 Å². The lowest BCUT2D eigenvalue weighted by molar-refractivity contribution is -0.150. The predicted octanol–water partition coefficient (Wildman–Crippen LogP) is 3.37. The summed E-state index contributed by atoms with van der Waals surface area (Å²) < 4.78 is 5.67. The molecular formula is C18H30N2O3S. The zero-order valence-corrected chi connectivity index (χ0v) is 15.2. The van der Waals surface area contributed by atoms with Gasteiger partial charge >= 0.3 is 12.0 Å². The molecule has 5 nitrogen and oxygen atoms in total. The molecule has 0 spiro atoms. The van der Waals surface area contributed by atoms with Crippen molar-refractivity contribution in [2.45, 2.75) is 94.1 Å². The van der Waals surface area contributed by atoms with E-state index >= 15 is 0 Å². The van der Waals surface area contributed by atoms with Crippen molar-refractivity contribution >= 4 is 23.8 Å². The molecular weight excluding hydrogens is 324 g/mol. The molecule has 0 aromatic heterocycles. The van der Waals surface area contributed by atoms with E-state index in [0.29, 0.717) is 11.7 Å². The number of fused-ring (bicyclic) bond motifs is 1. The summed E-state index contributed by atoms with van der Waals surface area (Å²) in [4.78, 5) is 23.4. The van der Waals surface area contributed by atoms with E-state index in [2.05, 4.69) is 10.6 Å². The molecule has 1 aliphatic carbocycles. The summed E-state index contributed by atoms with van der Waals surface area (Å²) in [5.41, 5.74) is 0. The molecule has 0 aromatic carbocycles. The van der Waals surface area contributed by atoms with E-state index in [1.807, 2.05) is 11.8 Å². The lowest BCUT2D eigenvalue weighted by atomic mass is 9.98. The maximum absolute atomic E-state index is 12.0. The minimum absolute atomic E-state index is 0.0200. The number of thioether (sulfide) groups is 1. The van der Waals surface area contributed by atoms with Crippen molar-refractivity contribution in [2.75, 3.05) is 5.75 Å². The molecule has 1 saturated carbocycles. The number of nitrogens with one attached hydrogen (secondary N) is 2. The maximum atomic E-state index is 12.0. The molecule has 0 unspecified atom stereocenters. The summed E-state index contributed by atoms with van der Waals surface area (Å²) in [5.74, 6) is 0.978. The third-order valence-corrected chi connectivity index (χ3v) is 6.92. The van der Waals surface area contributed by atoms with Gasteiger partial charge < -0.3 is 15.4 Å². The van der Waals surface area contributed by atoms with Crippen LogP contribution in [0, 0.1) is 0 Å². The van der Waals surface area contributed by atoms with Crippen molar-refractivity contribution in [3.05, 3.63) is 0 Å². The molecule has 3 fully saturated rings. The van der Waals surface area contributed by atoms with E-state index in [4.69, 9.17) is 4.74 Å². The van der Waals surface area contributed by atoms with Crippen molar-refractivity contribution in [1.82, 2.24) is 10.6 Å². The standard InChI is InChI=1S/C18H30N2O3S/c21-16(23-13-8-4-2-1-3-5-9-13)11-7-6-10-15-17-14(12-24-15)19-18(22)20-17/h13-15,17H,1-12H2,(H2,19,20,22)/t14-,15-,17-/m0/s1. The quantitative estimate of drug-likeness (QED) is 0.436. The van der Waals surface area contributed by atoms with Gasteiger partial charge in [-0.2, -0.15) is 11.8 Å². The summed E-state index contributed by atoms with van der Waals surface area (Å²) in [5, 5.41) is 6.46. The van der Waals surface area contributed by atoms with Crippen molar-refractivity contribution in [3.63, 3.8) is 0 Å². The Kier molecular flexibility index (Phi) is 6.69. The van der Waals surface area contributed by atoms with E-state index in [1.54, 1.807) is 0 Å². The molecule has 3 atom stereocenters. The van der Waals surface area contributed by atoms with Gasteiger partial charge in [-0.1, -0.05) is 25.7 Å². The summed E-state index contributed by atoms with van der Waals surface area (Å²) in [6.07, 6.45) is 12.0. The lowest BCUT2D eigenvalue weighted by Crippen LogP contribution is -2.36. The Hall–Kier alpha value is -0.910. The highest BCUT2D eigenvalue weighted by molar-refractivity contribution is 8.00. The minimum Gasteiger partial charge on any atom is -0.462 e. The molecule has 24 heavy (non-hydrogen) atoms. The number of ether oxygens (including phenoxy) is 1. The molecule has 136 valence electrons. The van der Waals surface area contributed by atoms with Crippen LogP contribution in [0.25, 0.3) is 0 Å². The Morgan fingerprint density at radius 1 is 1.08 bits per heavy atom. The molecule has 0 aromatic rings. The van der Waals surface area contributed by atoms with Crippen LogP contribution in [-0.2, 0) is 9.53 Å². The van der Waals surface area contributed by atoms with Crippen molar-refractivity contribution in [1.29, 1.82) is 0 Å². The molecule has 2 aliphatic heterocycles. The summed E-state index contributed by atoms with van der Waals surface area (Å²) in [6.45, 7) is 0. The van der Waals surface area contributed by atoms with Crippen molar-refractivity contribution < 1.29 is 14.3 Å². The fraction of sp³-hybridized carbons (Fsp3) is 0.889. The molecule has 3 rings (SSSR count). The van der Waals surface area contributed by atoms with Crippen LogP contribution < -0.4 is 10.6 Å². The van der Waals surface area contributed by atoms with Crippen LogP contribution in [-0.4, -0.2) is 41.2 Å². The van der Waals surface area contributed by atoms with Gasteiger partial charge in [-0.05, 0) is 38.5 Å². The zero-order valence-electron chi connectivity index (χ0n) is 14.4. The van der Waals surface area contributed by atoms with Gasteiger partial charge in [-0.3, -0.25) is 4.79 Å². The van der Waals surface area contributed by atoms with E-state index in [-0.39, 0.29) is 30.2 Å². The fourth-order valence-electron chi connectivity index (χ4n) is 4.04. The molecule has 0 bridgehead atoms. The van der Waals surface area contributed by atoms with Gasteiger partial charge in [0.1, 0.15) is 6.10 Å². The predicted molar refractivity (Wildman–Crippen MR) is 96.2 cm³/mol. The van der Waals surface area contributed by atoms with E-state index in [1.165, 1.54) is 32.1 Å². The fourth-order valence-corrected chi connectivity index (χ4v) is 5.58. The third kappa shape index (κ3) is 5.04. The third-order valence-electron chi connectivity index (χ3n) is 5.41. The number of esters is 1. The van der Waals surface area contributed by atoms with Crippen LogP contribution in [0.5, 0.6) is 0 Å². The molecule has 0 radical (unpaired) electrons. The van der Waals surface area contributed by atoms with Gasteiger partial charge in [0.25, 0.3) is 0 Å². The van der Waals surface area contributed by atoms with E-state index < -0.39 is 0 Å². The first kappa shape index (κ1) is 17.9. The summed E-state index contributed by atoms with van der Waals surface area (Å²) in [6, 6.07) is 0.527. The Bertz CT molecular complexity index is 438. The Balaban J connectivity index is 1.29. The number of amides is 2. The number of hydrogen-bond acceptors (Lipinski definition) is 4. The van der Waals surface area contributed by atoms with Crippen molar-refractivity contribution in [3.8, 4) is 0 Å². The first-order valence-electron chi connectivity index (χ1n) is 9.60. The van der Waals surface area contributed by atoms with Gasteiger partial charge in [0.2, 0.25) is 0 Å². The average Bonchev–Trinajstić information content (AvgIpc) is 3.06. The second kappa shape index (κ2) is 8.97. The monoisotopic (exact) mass is 354 g/mol. The second-order valence-corrected chi connectivity index (χ2v) is 8.60. The van der Waals surface area contributed by atoms with Gasteiger partial charge in [-0.15, -0.1) is 0 Å². The van der Waals surface area contributed by atoms with Crippen LogP contribution in [0.15, 0.2) is 0 Å². The Morgan fingerprint density at radius 3 is 2.62 bits per heavy atom. The lowest BCUT2D eigenvalue weighted by Gasteiger charge is -2.20. The minimum atomic E-state index is -0.0296. The average molecular weight is 355 g/mol. The normalized spacial score (nSPS) is 30.8. The number of carbonyl (C=O) groups is 2. The molecule has 2 N–H and O–H groups in total. The van der Waals surface area contributed by atoms with Gasteiger partial charge in [0.15, 0.2) is 0 Å². The SMILES string of the molecule is O=C1N[C@H]2[C@H](CS[C@H]2CCCCC(=O)OC2CCCCCCC2)N1. The van der Waals surface area contributed by atoms with E-state index in [0.717, 1.165) is 37.9 Å². The summed E-state index contributed by atoms with van der Waals surface area (Å²) in [7, 11) is 0. The Labute approximate surface area is 149 Å². The topological polar surface area (TPSA) is 67.4 Å². The second-order valence-electron chi connectivity index (χ2n) is 7.32. The first-order valence-corrected chi connectivity index (χ1v) is 10.7. The maximum Gasteiger partial charge on any atom is 0.315 e. The number of carbonyl (C=O) groups excluding carboxylic acids is 2. The molecule has 2 heterocycles. The number of unbranched alkanes of at least 4 members (excludes halogenated alkanes) is 1. The van der Waals surface area contributed by atoms with Crippen LogP contribution in [0.3, 0.4) is 0 Å². The molecule has 2 amide bonds.